The average Bonchev–Trinajstić information content (AvgIpc) is 1.98. The summed E-state index contributed by atoms with van der Waals surface area (Å²) in [5.41, 5.74) is 5.45. The van der Waals surface area contributed by atoms with Gasteiger partial charge in [0.05, 0.1) is 6.04 Å². The van der Waals surface area contributed by atoms with Gasteiger partial charge in [-0.05, 0) is 13.3 Å². The van der Waals surface area contributed by atoms with Crippen LogP contribution in [0.5, 0.6) is 0 Å². The van der Waals surface area contributed by atoms with E-state index in [1.54, 1.807) is 0 Å². The topological polar surface area (TPSA) is 72.6 Å². The van der Waals surface area contributed by atoms with Crippen molar-refractivity contribution in [3.63, 3.8) is 0 Å². The third-order valence-corrected chi connectivity index (χ3v) is 1.44. The molecule has 0 amide bonds. The van der Waals surface area contributed by atoms with Crippen LogP contribution in [0.3, 0.4) is 0 Å². The Morgan fingerprint density at radius 2 is 2.27 bits per heavy atom. The smallest absolute Gasteiger partial charge is 0.169 e. The molecular weight excluding hydrogens is 146 g/mol. The molecule has 0 saturated carbocycles. The van der Waals surface area contributed by atoms with Crippen LogP contribution in [0.25, 0.3) is 0 Å². The summed E-state index contributed by atoms with van der Waals surface area (Å²) in [6.45, 7) is 1.49. The number of hydrogen-bond acceptors (Lipinski definition) is 4. The Morgan fingerprint density at radius 3 is 2.64 bits per heavy atom. The lowest BCUT2D eigenvalue weighted by Gasteiger charge is -2.15. The molecule has 0 aliphatic rings. The summed E-state index contributed by atoms with van der Waals surface area (Å²) in [7, 11) is 1.37. The molecule has 11 heavy (non-hydrogen) atoms. The van der Waals surface area contributed by atoms with Crippen molar-refractivity contribution in [1.82, 2.24) is 0 Å². The fourth-order valence-corrected chi connectivity index (χ4v) is 0.687. The second-order valence-electron chi connectivity index (χ2n) is 2.53. The molecule has 0 radical (unpaired) electrons. The van der Waals surface area contributed by atoms with E-state index < -0.39 is 12.3 Å². The zero-order valence-electron chi connectivity index (χ0n) is 6.91. The molecule has 0 bridgehead atoms. The number of hydrogen-bond donors (Lipinski definition) is 2. The molecule has 66 valence electrons. The van der Waals surface area contributed by atoms with E-state index in [2.05, 4.69) is 4.74 Å². The molecule has 1 unspecified atom stereocenters. The fourth-order valence-electron chi connectivity index (χ4n) is 0.687. The summed E-state index contributed by atoms with van der Waals surface area (Å²) in [6, 6.07) is -0.469. The van der Waals surface area contributed by atoms with Gasteiger partial charge in [-0.2, -0.15) is 0 Å². The highest BCUT2D eigenvalue weighted by Crippen LogP contribution is 2.00. The van der Waals surface area contributed by atoms with E-state index >= 15 is 0 Å². The van der Waals surface area contributed by atoms with Gasteiger partial charge in [0.15, 0.2) is 6.29 Å². The molecule has 0 rings (SSSR count). The van der Waals surface area contributed by atoms with Crippen molar-refractivity contribution < 1.29 is 14.6 Å². The van der Waals surface area contributed by atoms with Gasteiger partial charge in [-0.15, -0.1) is 0 Å². The van der Waals surface area contributed by atoms with Gasteiger partial charge < -0.3 is 20.4 Å². The zero-order chi connectivity index (χ0) is 8.85. The number of ketones is 1. The lowest BCUT2D eigenvalue weighted by atomic mass is 10.1. The number of aliphatic hydroxyl groups excluding tert-OH is 1. The van der Waals surface area contributed by atoms with E-state index in [-0.39, 0.29) is 5.78 Å². The first-order valence-corrected chi connectivity index (χ1v) is 3.53. The number of ether oxygens (including phenoxy) is 1. The fraction of sp³-hybridized carbons (Fsp3) is 0.857. The minimum Gasteiger partial charge on any atom is -0.367 e. The standard InChI is InChI=1S/C7H15NO3/c1-5(9)3-4-6(8)7(10)11-2/h6-7,10H,3-4,8H2,1-2H3/t6-,7?/m0/s1. The van der Waals surface area contributed by atoms with Crippen molar-refractivity contribution >= 4 is 5.78 Å². The van der Waals surface area contributed by atoms with Crippen LogP contribution < -0.4 is 5.73 Å². The second-order valence-corrected chi connectivity index (χ2v) is 2.53. The minimum absolute atomic E-state index is 0.0729. The van der Waals surface area contributed by atoms with Crippen LogP contribution in [0.1, 0.15) is 19.8 Å². The number of carbonyl (C=O) groups is 1. The Bertz CT molecular complexity index is 127. The van der Waals surface area contributed by atoms with Crippen LogP contribution in [-0.2, 0) is 9.53 Å². The first kappa shape index (κ1) is 10.6. The van der Waals surface area contributed by atoms with E-state index in [4.69, 9.17) is 10.8 Å². The number of methoxy groups -OCH3 is 1. The minimum atomic E-state index is -0.964. The molecule has 0 aromatic rings. The van der Waals surface area contributed by atoms with E-state index in [1.165, 1.54) is 14.0 Å². The van der Waals surface area contributed by atoms with Crippen LogP contribution in [-0.4, -0.2) is 30.3 Å². The molecule has 3 N–H and O–H groups in total. The molecule has 0 aromatic heterocycles. The Kier molecular flexibility index (Phi) is 5.02. The van der Waals surface area contributed by atoms with Gasteiger partial charge in [-0.3, -0.25) is 0 Å². The SMILES string of the molecule is COC(O)[C@@H](N)CCC(C)=O. The molecule has 4 heteroatoms. The molecule has 0 fully saturated rings. The van der Waals surface area contributed by atoms with Crippen molar-refractivity contribution in [2.75, 3.05) is 7.11 Å². The lowest BCUT2D eigenvalue weighted by Crippen LogP contribution is -2.36. The summed E-state index contributed by atoms with van der Waals surface area (Å²) in [5.74, 6) is 0.0729. The van der Waals surface area contributed by atoms with Crippen molar-refractivity contribution in [3.8, 4) is 0 Å². The van der Waals surface area contributed by atoms with Crippen LogP contribution in [0, 0.1) is 0 Å². The largest absolute Gasteiger partial charge is 0.367 e. The van der Waals surface area contributed by atoms with Crippen LogP contribution in [0.4, 0.5) is 0 Å². The highest BCUT2D eigenvalue weighted by molar-refractivity contribution is 5.75. The monoisotopic (exact) mass is 161 g/mol. The Hall–Kier alpha value is -0.450. The van der Waals surface area contributed by atoms with Gasteiger partial charge in [0.2, 0.25) is 0 Å². The molecule has 0 heterocycles. The lowest BCUT2D eigenvalue weighted by molar-refractivity contribution is -0.118. The average molecular weight is 161 g/mol. The number of Topliss-reactive ketones (excluding diaryl/α,β-unsaturated/α-hetero) is 1. The van der Waals surface area contributed by atoms with Gasteiger partial charge >= 0.3 is 0 Å². The Balaban J connectivity index is 3.51. The molecule has 0 aliphatic carbocycles. The van der Waals surface area contributed by atoms with E-state index in [9.17, 15) is 4.79 Å². The normalized spacial score (nSPS) is 16.0. The van der Waals surface area contributed by atoms with Crippen molar-refractivity contribution in [3.05, 3.63) is 0 Å². The summed E-state index contributed by atoms with van der Waals surface area (Å²) >= 11 is 0. The van der Waals surface area contributed by atoms with Crippen LogP contribution >= 0.6 is 0 Å². The van der Waals surface area contributed by atoms with Crippen LogP contribution in [0.15, 0.2) is 0 Å². The summed E-state index contributed by atoms with van der Waals surface area (Å²) in [6.07, 6.45) is -0.110. The van der Waals surface area contributed by atoms with E-state index in [1.807, 2.05) is 0 Å². The molecule has 2 atom stereocenters. The molecular formula is C7H15NO3. The maximum atomic E-state index is 10.5. The van der Waals surface area contributed by atoms with Crippen LogP contribution in [0.2, 0.25) is 0 Å². The van der Waals surface area contributed by atoms with Gasteiger partial charge in [-0.1, -0.05) is 0 Å². The first-order valence-electron chi connectivity index (χ1n) is 3.53. The quantitative estimate of drug-likeness (QED) is 0.540. The molecule has 0 aliphatic heterocycles. The van der Waals surface area contributed by atoms with Gasteiger partial charge in [0, 0.05) is 13.5 Å². The third kappa shape index (κ3) is 4.89. The molecule has 4 nitrogen and oxygen atoms in total. The van der Waals surface area contributed by atoms with E-state index in [0.29, 0.717) is 12.8 Å². The molecule has 0 spiro atoms. The van der Waals surface area contributed by atoms with Crippen molar-refractivity contribution in [2.24, 2.45) is 5.73 Å². The molecule has 0 aromatic carbocycles. The maximum Gasteiger partial charge on any atom is 0.169 e. The zero-order valence-corrected chi connectivity index (χ0v) is 6.91. The number of nitrogens with two attached hydrogens (primary N) is 1. The highest BCUT2D eigenvalue weighted by Gasteiger charge is 2.13. The van der Waals surface area contributed by atoms with Gasteiger partial charge in [-0.25, -0.2) is 0 Å². The predicted molar refractivity (Wildman–Crippen MR) is 40.9 cm³/mol. The van der Waals surface area contributed by atoms with Crippen molar-refractivity contribution in [1.29, 1.82) is 0 Å². The maximum absolute atomic E-state index is 10.5. The number of carbonyl (C=O) groups excluding carboxylic acids is 1. The van der Waals surface area contributed by atoms with E-state index in [0.717, 1.165) is 0 Å². The predicted octanol–water partition coefficient (Wildman–Crippen LogP) is -0.352. The van der Waals surface area contributed by atoms with Crippen molar-refractivity contribution in [2.45, 2.75) is 32.1 Å². The highest BCUT2D eigenvalue weighted by atomic mass is 16.6. The third-order valence-electron chi connectivity index (χ3n) is 1.44. The Morgan fingerprint density at radius 1 is 1.73 bits per heavy atom. The molecule has 0 saturated heterocycles. The Labute approximate surface area is 66.3 Å². The number of rotatable bonds is 5. The summed E-state index contributed by atoms with van der Waals surface area (Å²) < 4.78 is 4.56. The second kappa shape index (κ2) is 5.23. The summed E-state index contributed by atoms with van der Waals surface area (Å²) in [4.78, 5) is 10.5. The number of aliphatic hydroxyl groups is 1. The van der Waals surface area contributed by atoms with Gasteiger partial charge in [0.1, 0.15) is 5.78 Å². The van der Waals surface area contributed by atoms with Gasteiger partial charge in [0.25, 0.3) is 0 Å². The summed E-state index contributed by atoms with van der Waals surface area (Å²) in [5, 5.41) is 8.98. The first-order chi connectivity index (χ1) is 5.07.